The van der Waals surface area contributed by atoms with E-state index in [-0.39, 0.29) is 17.9 Å². The highest BCUT2D eigenvalue weighted by molar-refractivity contribution is 8.00. The van der Waals surface area contributed by atoms with E-state index in [1.165, 1.54) is 30.7 Å². The molecule has 19 heavy (non-hydrogen) atoms. The Labute approximate surface area is 116 Å². The van der Waals surface area contributed by atoms with Gasteiger partial charge in [-0.2, -0.15) is 11.8 Å². The second kappa shape index (κ2) is 5.51. The second-order valence-electron chi connectivity index (χ2n) is 5.02. The highest BCUT2D eigenvalue weighted by atomic mass is 32.2. The minimum atomic E-state index is -0.256. The van der Waals surface area contributed by atoms with Crippen LogP contribution >= 0.6 is 11.8 Å². The molecule has 1 amide bonds. The minimum Gasteiger partial charge on any atom is -0.321 e. The molecular formula is C14H17FN2OS. The largest absolute Gasteiger partial charge is 0.321 e. The van der Waals surface area contributed by atoms with Gasteiger partial charge in [0.25, 0.3) is 0 Å². The highest BCUT2D eigenvalue weighted by Gasteiger charge is 2.34. The molecule has 2 unspecified atom stereocenters. The smallest absolute Gasteiger partial charge is 0.238 e. The molecule has 3 rings (SSSR count). The molecule has 5 heteroatoms. The molecule has 2 aliphatic heterocycles. The van der Waals surface area contributed by atoms with Crippen LogP contribution in [0.15, 0.2) is 24.3 Å². The number of carbonyl (C=O) groups excluding carboxylic acids is 1. The molecule has 102 valence electrons. The number of nitrogens with one attached hydrogen (secondary N) is 1. The van der Waals surface area contributed by atoms with Crippen molar-refractivity contribution in [1.29, 1.82) is 0 Å². The zero-order valence-corrected chi connectivity index (χ0v) is 11.5. The van der Waals surface area contributed by atoms with Gasteiger partial charge in [-0.15, -0.1) is 0 Å². The molecule has 3 nitrogen and oxygen atoms in total. The first kappa shape index (κ1) is 12.9. The lowest BCUT2D eigenvalue weighted by atomic mass is 10.1. The SMILES string of the molecule is O=C1CNC(c2cccc(F)c2)N1CC1CCCS1. The maximum Gasteiger partial charge on any atom is 0.238 e. The van der Waals surface area contributed by atoms with Crippen LogP contribution < -0.4 is 5.32 Å². The van der Waals surface area contributed by atoms with Crippen molar-refractivity contribution in [3.8, 4) is 0 Å². The predicted octanol–water partition coefficient (Wildman–Crippen LogP) is 2.15. The highest BCUT2D eigenvalue weighted by Crippen LogP contribution is 2.30. The van der Waals surface area contributed by atoms with Gasteiger partial charge in [-0.25, -0.2) is 4.39 Å². The molecule has 2 saturated heterocycles. The number of thioether (sulfide) groups is 1. The number of rotatable bonds is 3. The molecule has 0 radical (unpaired) electrons. The van der Waals surface area contributed by atoms with E-state index in [0.29, 0.717) is 11.8 Å². The average Bonchev–Trinajstić information content (AvgIpc) is 3.01. The fourth-order valence-electron chi connectivity index (χ4n) is 2.73. The molecule has 2 atom stereocenters. The van der Waals surface area contributed by atoms with E-state index in [1.54, 1.807) is 6.07 Å². The molecule has 0 aromatic heterocycles. The third-order valence-electron chi connectivity index (χ3n) is 3.67. The summed E-state index contributed by atoms with van der Waals surface area (Å²) in [5, 5.41) is 3.70. The first-order chi connectivity index (χ1) is 9.24. The number of carbonyl (C=O) groups is 1. The molecule has 0 saturated carbocycles. The van der Waals surface area contributed by atoms with Crippen LogP contribution in [-0.2, 0) is 4.79 Å². The van der Waals surface area contributed by atoms with Gasteiger partial charge in [-0.3, -0.25) is 10.1 Å². The Kier molecular flexibility index (Phi) is 3.75. The quantitative estimate of drug-likeness (QED) is 0.921. The van der Waals surface area contributed by atoms with Crippen molar-refractivity contribution in [1.82, 2.24) is 10.2 Å². The standard InChI is InChI=1S/C14H17FN2OS/c15-11-4-1-3-10(7-11)14-16-8-13(18)17(14)9-12-5-2-6-19-12/h1,3-4,7,12,14,16H,2,5-6,8-9H2. The summed E-state index contributed by atoms with van der Waals surface area (Å²) in [5.41, 5.74) is 0.828. The van der Waals surface area contributed by atoms with Gasteiger partial charge in [0.15, 0.2) is 0 Å². The normalized spacial score (nSPS) is 27.2. The Morgan fingerprint density at radius 3 is 3.11 bits per heavy atom. The van der Waals surface area contributed by atoms with Gasteiger partial charge in [0.1, 0.15) is 12.0 Å². The van der Waals surface area contributed by atoms with Crippen molar-refractivity contribution in [3.05, 3.63) is 35.6 Å². The fraction of sp³-hybridized carbons (Fsp3) is 0.500. The maximum absolute atomic E-state index is 13.3. The Hall–Kier alpha value is -1.07. The summed E-state index contributed by atoms with van der Waals surface area (Å²) in [4.78, 5) is 13.9. The lowest BCUT2D eigenvalue weighted by Crippen LogP contribution is -2.35. The summed E-state index contributed by atoms with van der Waals surface area (Å²) < 4.78 is 13.3. The van der Waals surface area contributed by atoms with Crippen LogP contribution in [0.25, 0.3) is 0 Å². The number of hydrogen-bond acceptors (Lipinski definition) is 3. The zero-order valence-electron chi connectivity index (χ0n) is 10.6. The predicted molar refractivity (Wildman–Crippen MR) is 74.3 cm³/mol. The Balaban J connectivity index is 1.77. The van der Waals surface area contributed by atoms with E-state index >= 15 is 0 Å². The van der Waals surface area contributed by atoms with Crippen molar-refractivity contribution in [2.45, 2.75) is 24.3 Å². The third-order valence-corrected chi connectivity index (χ3v) is 5.05. The minimum absolute atomic E-state index is 0.113. The summed E-state index contributed by atoms with van der Waals surface area (Å²) >= 11 is 1.94. The van der Waals surface area contributed by atoms with E-state index in [2.05, 4.69) is 5.32 Å². The number of halogens is 1. The fourth-order valence-corrected chi connectivity index (χ4v) is 4.00. The molecule has 0 aliphatic carbocycles. The summed E-state index contributed by atoms with van der Waals surface area (Å²) in [5.74, 6) is 1.04. The summed E-state index contributed by atoms with van der Waals surface area (Å²) in [6.45, 7) is 1.11. The molecule has 2 fully saturated rings. The van der Waals surface area contributed by atoms with Crippen LogP contribution in [0, 0.1) is 5.82 Å². The first-order valence-corrected chi connectivity index (χ1v) is 7.69. The van der Waals surface area contributed by atoms with Crippen molar-refractivity contribution in [2.75, 3.05) is 18.8 Å². The number of amides is 1. The third kappa shape index (κ3) is 2.77. The summed E-state index contributed by atoms with van der Waals surface area (Å²) in [7, 11) is 0. The lowest BCUT2D eigenvalue weighted by Gasteiger charge is -2.27. The van der Waals surface area contributed by atoms with Gasteiger partial charge in [0.05, 0.1) is 6.54 Å². The van der Waals surface area contributed by atoms with Crippen LogP contribution in [-0.4, -0.2) is 34.9 Å². The van der Waals surface area contributed by atoms with Gasteiger partial charge in [-0.05, 0) is 36.3 Å². The molecule has 1 N–H and O–H groups in total. The van der Waals surface area contributed by atoms with Crippen molar-refractivity contribution in [3.63, 3.8) is 0 Å². The van der Waals surface area contributed by atoms with Gasteiger partial charge >= 0.3 is 0 Å². The number of nitrogens with zero attached hydrogens (tertiary/aromatic N) is 1. The van der Waals surface area contributed by atoms with Gasteiger partial charge < -0.3 is 4.90 Å². The monoisotopic (exact) mass is 280 g/mol. The molecular weight excluding hydrogens is 263 g/mol. The molecule has 2 heterocycles. The Morgan fingerprint density at radius 1 is 1.47 bits per heavy atom. The summed E-state index contributed by atoms with van der Waals surface area (Å²) in [6.07, 6.45) is 2.23. The number of benzene rings is 1. The second-order valence-corrected chi connectivity index (χ2v) is 6.43. The van der Waals surface area contributed by atoms with Crippen molar-refractivity contribution in [2.24, 2.45) is 0 Å². The van der Waals surface area contributed by atoms with E-state index in [0.717, 1.165) is 12.1 Å². The van der Waals surface area contributed by atoms with Crippen molar-refractivity contribution < 1.29 is 9.18 Å². The van der Waals surface area contributed by atoms with Crippen LogP contribution in [0.4, 0.5) is 4.39 Å². The topological polar surface area (TPSA) is 32.3 Å². The average molecular weight is 280 g/mol. The van der Waals surface area contributed by atoms with Crippen LogP contribution in [0.2, 0.25) is 0 Å². The van der Waals surface area contributed by atoms with E-state index in [9.17, 15) is 9.18 Å². The molecule has 1 aromatic carbocycles. The molecule has 1 aromatic rings. The Morgan fingerprint density at radius 2 is 2.37 bits per heavy atom. The molecule has 0 bridgehead atoms. The Bertz CT molecular complexity index is 476. The number of hydrogen-bond donors (Lipinski definition) is 1. The van der Waals surface area contributed by atoms with E-state index < -0.39 is 0 Å². The van der Waals surface area contributed by atoms with Gasteiger partial charge in [0, 0.05) is 11.8 Å². The van der Waals surface area contributed by atoms with E-state index in [4.69, 9.17) is 0 Å². The van der Waals surface area contributed by atoms with Gasteiger partial charge in [0.2, 0.25) is 5.91 Å². The van der Waals surface area contributed by atoms with Gasteiger partial charge in [-0.1, -0.05) is 12.1 Å². The van der Waals surface area contributed by atoms with Crippen LogP contribution in [0.5, 0.6) is 0 Å². The maximum atomic E-state index is 13.3. The molecule has 0 spiro atoms. The lowest BCUT2D eigenvalue weighted by molar-refractivity contribution is -0.128. The van der Waals surface area contributed by atoms with Crippen LogP contribution in [0.3, 0.4) is 0 Å². The van der Waals surface area contributed by atoms with Crippen molar-refractivity contribution >= 4 is 17.7 Å². The summed E-state index contributed by atoms with van der Waals surface area (Å²) in [6, 6.07) is 6.49. The van der Waals surface area contributed by atoms with E-state index in [1.807, 2.05) is 22.7 Å². The van der Waals surface area contributed by atoms with Crippen LogP contribution in [0.1, 0.15) is 24.6 Å². The first-order valence-electron chi connectivity index (χ1n) is 6.64. The molecule has 2 aliphatic rings. The zero-order chi connectivity index (χ0) is 13.2.